The summed E-state index contributed by atoms with van der Waals surface area (Å²) in [7, 11) is 0. The fourth-order valence-corrected chi connectivity index (χ4v) is 2.08. The number of hydrogen-bond acceptors (Lipinski definition) is 3. The normalized spacial score (nSPS) is 14.0. The van der Waals surface area contributed by atoms with E-state index < -0.39 is 6.36 Å². The maximum atomic E-state index is 12.1. The van der Waals surface area contributed by atoms with Gasteiger partial charge in [0.05, 0.1) is 0 Å². The van der Waals surface area contributed by atoms with Gasteiger partial charge in [0.1, 0.15) is 5.75 Å². The van der Waals surface area contributed by atoms with Crippen LogP contribution in [0.1, 0.15) is 12.8 Å². The maximum Gasteiger partial charge on any atom is 0.573 e. The average molecular weight is 352 g/mol. The van der Waals surface area contributed by atoms with Crippen LogP contribution in [0.4, 0.5) is 18.9 Å². The first-order valence-corrected chi connectivity index (χ1v) is 6.65. The van der Waals surface area contributed by atoms with E-state index in [1.165, 1.54) is 18.2 Å². The minimum atomic E-state index is -4.76. The molecule has 1 aromatic carbocycles. The van der Waals surface area contributed by atoms with Gasteiger partial charge < -0.3 is 15.0 Å². The first-order valence-electron chi connectivity index (χ1n) is 6.65. The first kappa shape index (κ1) is 18.9. The van der Waals surface area contributed by atoms with E-state index in [0.717, 1.165) is 32.0 Å². The van der Waals surface area contributed by atoms with Gasteiger partial charge >= 0.3 is 6.36 Å². The average Bonchev–Trinajstić information content (AvgIpc) is 2.90. The Hall–Kier alpha value is -2.16. The summed E-state index contributed by atoms with van der Waals surface area (Å²) in [5.74, 6) is -0.473. The lowest BCUT2D eigenvalue weighted by Crippen LogP contribution is -2.44. The van der Waals surface area contributed by atoms with Crippen LogP contribution in [0.5, 0.6) is 5.75 Å². The topological polar surface area (TPSA) is 84.2 Å². The van der Waals surface area contributed by atoms with Crippen molar-refractivity contribution in [1.82, 2.24) is 10.2 Å². The van der Waals surface area contributed by atoms with Gasteiger partial charge in [0, 0.05) is 24.8 Å². The molecule has 4 N–H and O–H groups in total. The van der Waals surface area contributed by atoms with Crippen molar-refractivity contribution in [3.63, 3.8) is 0 Å². The number of ether oxygens (including phenoxy) is 1. The maximum absolute atomic E-state index is 12.1. The molecule has 6 nitrogen and oxygen atoms in total. The van der Waals surface area contributed by atoms with Crippen LogP contribution in [0.3, 0.4) is 0 Å². The van der Waals surface area contributed by atoms with Crippen molar-refractivity contribution in [1.29, 1.82) is 10.8 Å². The molecular formula is C13H17ClF3N5O. The Morgan fingerprint density at radius 2 is 1.83 bits per heavy atom. The highest BCUT2D eigenvalue weighted by Crippen LogP contribution is 2.24. The minimum Gasteiger partial charge on any atom is -0.406 e. The van der Waals surface area contributed by atoms with Gasteiger partial charge in [-0.3, -0.25) is 16.1 Å². The van der Waals surface area contributed by atoms with Crippen molar-refractivity contribution in [3.05, 3.63) is 24.3 Å². The van der Waals surface area contributed by atoms with Crippen LogP contribution in [0, 0.1) is 10.8 Å². The minimum absolute atomic E-state index is 0. The van der Waals surface area contributed by atoms with E-state index in [4.69, 9.17) is 10.8 Å². The Labute approximate surface area is 137 Å². The van der Waals surface area contributed by atoms with E-state index in [9.17, 15) is 13.2 Å². The number of guanidine groups is 2. The van der Waals surface area contributed by atoms with Crippen molar-refractivity contribution in [2.75, 3.05) is 18.4 Å². The third-order valence-corrected chi connectivity index (χ3v) is 3.00. The number of alkyl halides is 3. The molecule has 23 heavy (non-hydrogen) atoms. The van der Waals surface area contributed by atoms with Crippen LogP contribution in [-0.4, -0.2) is 36.3 Å². The summed E-state index contributed by atoms with van der Waals surface area (Å²) in [6, 6.07) is 5.17. The van der Waals surface area contributed by atoms with Gasteiger partial charge in [-0.05, 0) is 25.0 Å². The van der Waals surface area contributed by atoms with E-state index in [-0.39, 0.29) is 35.8 Å². The highest BCUT2D eigenvalue weighted by molar-refractivity contribution is 6.02. The molecule has 0 bridgehead atoms. The van der Waals surface area contributed by atoms with Crippen LogP contribution in [-0.2, 0) is 0 Å². The van der Waals surface area contributed by atoms with Crippen molar-refractivity contribution in [2.24, 2.45) is 0 Å². The third-order valence-electron chi connectivity index (χ3n) is 3.00. The van der Waals surface area contributed by atoms with Gasteiger partial charge in [-0.15, -0.1) is 25.6 Å². The van der Waals surface area contributed by atoms with Gasteiger partial charge in [-0.2, -0.15) is 0 Å². The lowest BCUT2D eigenvalue weighted by molar-refractivity contribution is -0.274. The van der Waals surface area contributed by atoms with E-state index in [0.29, 0.717) is 0 Å². The lowest BCUT2D eigenvalue weighted by atomic mass is 10.3. The zero-order chi connectivity index (χ0) is 16.2. The Morgan fingerprint density at radius 3 is 2.43 bits per heavy atom. The molecule has 1 fully saturated rings. The molecule has 1 aliphatic heterocycles. The van der Waals surface area contributed by atoms with Gasteiger partial charge in [0.15, 0.2) is 11.9 Å². The fourth-order valence-electron chi connectivity index (χ4n) is 2.08. The van der Waals surface area contributed by atoms with Gasteiger partial charge in [-0.1, -0.05) is 6.07 Å². The van der Waals surface area contributed by atoms with Crippen molar-refractivity contribution in [2.45, 2.75) is 19.2 Å². The molecule has 1 aromatic rings. The van der Waals surface area contributed by atoms with E-state index >= 15 is 0 Å². The number of anilines is 1. The SMILES string of the molecule is Cl.N=C(NC(=N)N1CCCC1)Nc1cccc(OC(F)(F)F)c1. The first-order chi connectivity index (χ1) is 10.3. The zero-order valence-corrected chi connectivity index (χ0v) is 12.9. The van der Waals surface area contributed by atoms with Crippen LogP contribution < -0.4 is 15.4 Å². The van der Waals surface area contributed by atoms with Gasteiger partial charge in [0.2, 0.25) is 0 Å². The summed E-state index contributed by atoms with van der Waals surface area (Å²) >= 11 is 0. The molecule has 0 atom stereocenters. The van der Waals surface area contributed by atoms with E-state index in [2.05, 4.69) is 15.4 Å². The van der Waals surface area contributed by atoms with Crippen molar-refractivity contribution < 1.29 is 17.9 Å². The summed E-state index contributed by atoms with van der Waals surface area (Å²) in [5, 5.41) is 20.7. The lowest BCUT2D eigenvalue weighted by Gasteiger charge is -2.20. The quantitative estimate of drug-likeness (QED) is 0.487. The van der Waals surface area contributed by atoms with Crippen molar-refractivity contribution >= 4 is 30.0 Å². The Bertz CT molecular complexity index is 561. The Morgan fingerprint density at radius 1 is 1.17 bits per heavy atom. The molecule has 0 radical (unpaired) electrons. The highest BCUT2D eigenvalue weighted by Gasteiger charge is 2.31. The second-order valence-electron chi connectivity index (χ2n) is 4.74. The molecule has 1 aliphatic rings. The largest absolute Gasteiger partial charge is 0.573 e. The summed E-state index contributed by atoms with van der Waals surface area (Å²) in [5.41, 5.74) is 0.258. The number of nitrogens with zero attached hydrogens (tertiary/aromatic N) is 1. The van der Waals surface area contributed by atoms with Crippen molar-refractivity contribution in [3.8, 4) is 5.75 Å². The highest BCUT2D eigenvalue weighted by atomic mass is 35.5. The molecular weight excluding hydrogens is 335 g/mol. The molecule has 0 spiro atoms. The third kappa shape index (κ3) is 6.23. The van der Waals surface area contributed by atoms with Crippen LogP contribution in [0.2, 0.25) is 0 Å². The number of hydrogen-bond donors (Lipinski definition) is 4. The molecule has 0 unspecified atom stereocenters. The standard InChI is InChI=1S/C13H16F3N5O.ClH/c14-13(15,16)22-10-5-3-4-9(8-10)19-11(17)20-12(18)21-6-1-2-7-21;/h3-5,8H,1-2,6-7H2,(H4,17,18,19,20);1H. The smallest absolute Gasteiger partial charge is 0.406 e. The summed E-state index contributed by atoms with van der Waals surface area (Å²) < 4.78 is 40.3. The number of benzene rings is 1. The summed E-state index contributed by atoms with van der Waals surface area (Å²) in [6.45, 7) is 1.52. The Kier molecular flexibility index (Phi) is 6.49. The van der Waals surface area contributed by atoms with Crippen LogP contribution in [0.15, 0.2) is 24.3 Å². The second kappa shape index (κ2) is 7.91. The number of halogens is 4. The predicted octanol–water partition coefficient (Wildman–Crippen LogP) is 2.97. The Balaban J connectivity index is 0.00000264. The molecule has 1 heterocycles. The zero-order valence-electron chi connectivity index (χ0n) is 12.0. The molecule has 2 rings (SSSR count). The van der Waals surface area contributed by atoms with Gasteiger partial charge in [0.25, 0.3) is 0 Å². The molecule has 128 valence electrons. The molecule has 0 aromatic heterocycles. The monoisotopic (exact) mass is 351 g/mol. The fraction of sp³-hybridized carbons (Fsp3) is 0.385. The molecule has 1 saturated heterocycles. The second-order valence-corrected chi connectivity index (χ2v) is 4.74. The number of rotatable bonds is 2. The molecule has 0 saturated carbocycles. The number of nitrogens with one attached hydrogen (secondary N) is 4. The van der Waals surface area contributed by atoms with E-state index in [1.807, 2.05) is 0 Å². The van der Waals surface area contributed by atoms with E-state index in [1.54, 1.807) is 4.90 Å². The molecule has 0 aliphatic carbocycles. The number of likely N-dealkylation sites (tertiary alicyclic amines) is 1. The summed E-state index contributed by atoms with van der Waals surface area (Å²) in [6.07, 6.45) is -2.76. The van der Waals surface area contributed by atoms with Crippen LogP contribution in [0.25, 0.3) is 0 Å². The van der Waals surface area contributed by atoms with Gasteiger partial charge in [-0.25, -0.2) is 0 Å². The predicted molar refractivity (Wildman–Crippen MR) is 83.4 cm³/mol. The summed E-state index contributed by atoms with van der Waals surface area (Å²) in [4.78, 5) is 1.79. The van der Waals surface area contributed by atoms with Crippen LogP contribution >= 0.6 is 12.4 Å². The molecule has 10 heteroatoms. The molecule has 0 amide bonds.